The lowest BCUT2D eigenvalue weighted by Crippen LogP contribution is -2.17. The fourth-order valence-electron chi connectivity index (χ4n) is 2.65. The number of nitrogens with zero attached hydrogens (tertiary/aromatic N) is 1. The summed E-state index contributed by atoms with van der Waals surface area (Å²) in [5.41, 5.74) is 3.89. The lowest BCUT2D eigenvalue weighted by Gasteiger charge is -2.10. The van der Waals surface area contributed by atoms with Crippen LogP contribution in [0.2, 0.25) is 0 Å². The molecule has 1 amide bonds. The number of carbonyl (C=O) groups excluding carboxylic acids is 1. The van der Waals surface area contributed by atoms with Crippen LogP contribution in [0.25, 0.3) is 10.8 Å². The Morgan fingerprint density at radius 1 is 1.08 bits per heavy atom. The fraction of sp³-hybridized carbons (Fsp3) is 0.143. The predicted octanol–water partition coefficient (Wildman–Crippen LogP) is 4.01. The molecule has 0 aliphatic rings. The number of hydrogen-bond acceptors (Lipinski definition) is 4. The van der Waals surface area contributed by atoms with Crippen LogP contribution < -0.4 is 14.9 Å². The molecular weight excluding hydrogens is 328 g/mol. The van der Waals surface area contributed by atoms with E-state index in [9.17, 15) is 4.79 Å². The van der Waals surface area contributed by atoms with E-state index in [2.05, 4.69) is 10.5 Å². The Bertz CT molecular complexity index is 934. The molecule has 0 heterocycles. The average molecular weight is 348 g/mol. The lowest BCUT2D eigenvalue weighted by atomic mass is 10.0. The van der Waals surface area contributed by atoms with Gasteiger partial charge in [0.1, 0.15) is 11.5 Å². The van der Waals surface area contributed by atoms with E-state index >= 15 is 0 Å². The molecule has 5 nitrogen and oxygen atoms in total. The first-order valence-electron chi connectivity index (χ1n) is 8.35. The molecule has 132 valence electrons. The zero-order chi connectivity index (χ0) is 18.4. The second kappa shape index (κ2) is 8.16. The monoisotopic (exact) mass is 348 g/mol. The van der Waals surface area contributed by atoms with E-state index in [1.807, 2.05) is 43.3 Å². The van der Waals surface area contributed by atoms with Gasteiger partial charge in [0.25, 0.3) is 5.91 Å². The molecule has 0 unspecified atom stereocenters. The van der Waals surface area contributed by atoms with Gasteiger partial charge < -0.3 is 9.47 Å². The first kappa shape index (κ1) is 17.5. The second-order valence-corrected chi connectivity index (χ2v) is 5.56. The van der Waals surface area contributed by atoms with E-state index in [1.54, 1.807) is 37.6 Å². The van der Waals surface area contributed by atoms with E-state index in [4.69, 9.17) is 9.47 Å². The smallest absolute Gasteiger partial charge is 0.271 e. The highest BCUT2D eigenvalue weighted by Crippen LogP contribution is 2.26. The molecule has 0 atom stereocenters. The summed E-state index contributed by atoms with van der Waals surface area (Å²) in [7, 11) is 1.58. The maximum atomic E-state index is 12.2. The van der Waals surface area contributed by atoms with Gasteiger partial charge in [-0.1, -0.05) is 30.3 Å². The highest BCUT2D eigenvalue weighted by Gasteiger charge is 2.08. The molecule has 1 N–H and O–H groups in total. The SMILES string of the molecule is CCOc1ccc2ccccc2c1/C=N/NC(=O)c1ccc(OC)cc1. The number of methoxy groups -OCH3 is 1. The summed E-state index contributed by atoms with van der Waals surface area (Å²) in [6.45, 7) is 2.49. The minimum absolute atomic E-state index is 0.290. The van der Waals surface area contributed by atoms with Gasteiger partial charge in [-0.15, -0.1) is 0 Å². The molecule has 0 aliphatic heterocycles. The van der Waals surface area contributed by atoms with Crippen LogP contribution in [0, 0.1) is 0 Å². The van der Waals surface area contributed by atoms with E-state index in [0.29, 0.717) is 17.9 Å². The van der Waals surface area contributed by atoms with Crippen molar-refractivity contribution in [2.75, 3.05) is 13.7 Å². The van der Waals surface area contributed by atoms with Gasteiger partial charge in [-0.05, 0) is 48.0 Å². The Morgan fingerprint density at radius 3 is 2.58 bits per heavy atom. The Labute approximate surface area is 152 Å². The van der Waals surface area contributed by atoms with E-state index < -0.39 is 0 Å². The topological polar surface area (TPSA) is 59.9 Å². The number of rotatable bonds is 6. The standard InChI is InChI=1S/C21H20N2O3/c1-3-26-20-13-10-15-6-4-5-7-18(15)19(20)14-22-23-21(24)16-8-11-17(25-2)12-9-16/h4-14H,3H2,1-2H3,(H,23,24)/b22-14+. The highest BCUT2D eigenvalue weighted by atomic mass is 16.5. The van der Waals surface area contributed by atoms with Crippen molar-refractivity contribution in [2.24, 2.45) is 5.10 Å². The summed E-state index contributed by atoms with van der Waals surface area (Å²) in [5.74, 6) is 1.14. The Hall–Kier alpha value is -3.34. The van der Waals surface area contributed by atoms with Crippen molar-refractivity contribution in [2.45, 2.75) is 6.92 Å². The number of carbonyl (C=O) groups is 1. The summed E-state index contributed by atoms with van der Waals surface area (Å²) in [6, 6.07) is 18.7. The van der Waals surface area contributed by atoms with Gasteiger partial charge in [-0.3, -0.25) is 4.79 Å². The highest BCUT2D eigenvalue weighted by molar-refractivity contribution is 6.03. The van der Waals surface area contributed by atoms with Crippen molar-refractivity contribution >= 4 is 22.9 Å². The first-order chi connectivity index (χ1) is 12.7. The van der Waals surface area contributed by atoms with E-state index in [-0.39, 0.29) is 5.91 Å². The third-order valence-electron chi connectivity index (χ3n) is 3.94. The number of fused-ring (bicyclic) bond motifs is 1. The van der Waals surface area contributed by atoms with E-state index in [1.165, 1.54) is 0 Å². The number of ether oxygens (including phenoxy) is 2. The van der Waals surface area contributed by atoms with Crippen molar-refractivity contribution < 1.29 is 14.3 Å². The van der Waals surface area contributed by atoms with Crippen molar-refractivity contribution in [1.82, 2.24) is 5.43 Å². The molecule has 0 saturated carbocycles. The van der Waals surface area contributed by atoms with Gasteiger partial charge in [0.05, 0.1) is 19.9 Å². The fourth-order valence-corrected chi connectivity index (χ4v) is 2.65. The molecule has 0 aliphatic carbocycles. The van der Waals surface area contributed by atoms with Gasteiger partial charge in [-0.2, -0.15) is 5.10 Å². The van der Waals surface area contributed by atoms with Crippen LogP contribution in [0.5, 0.6) is 11.5 Å². The van der Waals surface area contributed by atoms with Crippen molar-refractivity contribution in [1.29, 1.82) is 0 Å². The molecule has 3 rings (SSSR count). The van der Waals surface area contributed by atoms with Crippen LogP contribution in [0.3, 0.4) is 0 Å². The third-order valence-corrected chi connectivity index (χ3v) is 3.94. The van der Waals surface area contributed by atoms with Crippen molar-refractivity contribution in [3.05, 3.63) is 71.8 Å². The van der Waals surface area contributed by atoms with Gasteiger partial charge in [0, 0.05) is 11.1 Å². The quantitative estimate of drug-likeness (QED) is 0.541. The maximum Gasteiger partial charge on any atom is 0.271 e. The second-order valence-electron chi connectivity index (χ2n) is 5.56. The first-order valence-corrected chi connectivity index (χ1v) is 8.35. The molecule has 0 aromatic heterocycles. The van der Waals surface area contributed by atoms with Crippen LogP contribution in [-0.2, 0) is 0 Å². The zero-order valence-corrected chi connectivity index (χ0v) is 14.7. The summed E-state index contributed by atoms with van der Waals surface area (Å²) >= 11 is 0. The molecule has 26 heavy (non-hydrogen) atoms. The lowest BCUT2D eigenvalue weighted by molar-refractivity contribution is 0.0955. The number of benzene rings is 3. The zero-order valence-electron chi connectivity index (χ0n) is 14.7. The largest absolute Gasteiger partial charge is 0.497 e. The van der Waals surface area contributed by atoms with Crippen LogP contribution in [0.4, 0.5) is 0 Å². The van der Waals surface area contributed by atoms with Crippen LogP contribution in [0.15, 0.2) is 65.8 Å². The van der Waals surface area contributed by atoms with Crippen LogP contribution in [-0.4, -0.2) is 25.8 Å². The average Bonchev–Trinajstić information content (AvgIpc) is 2.69. The van der Waals surface area contributed by atoms with Gasteiger partial charge in [0.2, 0.25) is 0 Å². The summed E-state index contributed by atoms with van der Waals surface area (Å²) < 4.78 is 10.8. The molecule has 0 saturated heterocycles. The molecule has 0 bridgehead atoms. The molecule has 0 fully saturated rings. The van der Waals surface area contributed by atoms with E-state index in [0.717, 1.165) is 22.1 Å². The Morgan fingerprint density at radius 2 is 1.85 bits per heavy atom. The molecule has 3 aromatic rings. The molecule has 0 radical (unpaired) electrons. The molecular formula is C21H20N2O3. The van der Waals surface area contributed by atoms with Crippen LogP contribution >= 0.6 is 0 Å². The number of hydrazone groups is 1. The van der Waals surface area contributed by atoms with Crippen molar-refractivity contribution in [3.63, 3.8) is 0 Å². The van der Waals surface area contributed by atoms with Gasteiger partial charge >= 0.3 is 0 Å². The minimum atomic E-state index is -0.290. The number of hydrogen-bond donors (Lipinski definition) is 1. The van der Waals surface area contributed by atoms with Crippen LogP contribution in [0.1, 0.15) is 22.8 Å². The minimum Gasteiger partial charge on any atom is -0.497 e. The van der Waals surface area contributed by atoms with Gasteiger partial charge in [0.15, 0.2) is 0 Å². The van der Waals surface area contributed by atoms with Crippen molar-refractivity contribution in [3.8, 4) is 11.5 Å². The normalized spacial score (nSPS) is 10.8. The third kappa shape index (κ3) is 3.83. The summed E-state index contributed by atoms with van der Waals surface area (Å²) in [6.07, 6.45) is 1.62. The number of amides is 1. The predicted molar refractivity (Wildman–Crippen MR) is 103 cm³/mol. The molecule has 0 spiro atoms. The molecule has 5 heteroatoms. The Kier molecular flexibility index (Phi) is 5.49. The number of nitrogens with one attached hydrogen (secondary N) is 1. The summed E-state index contributed by atoms with van der Waals surface area (Å²) in [4.78, 5) is 12.2. The summed E-state index contributed by atoms with van der Waals surface area (Å²) in [5, 5.41) is 6.21. The Balaban J connectivity index is 1.82. The molecule has 3 aromatic carbocycles. The maximum absolute atomic E-state index is 12.2. The van der Waals surface area contributed by atoms with Gasteiger partial charge in [-0.25, -0.2) is 5.43 Å².